The minimum atomic E-state index is -1.30. The molecule has 3 amide bonds. The second-order valence-corrected chi connectivity index (χ2v) is 4.78. The van der Waals surface area contributed by atoms with Crippen LogP contribution in [-0.2, 0) is 24.0 Å². The number of rotatable bonds is 9. The first kappa shape index (κ1) is 20.3. The highest BCUT2D eigenvalue weighted by Crippen LogP contribution is 1.91. The summed E-state index contributed by atoms with van der Waals surface area (Å²) in [6.07, 6.45) is -0.588. The van der Waals surface area contributed by atoms with Gasteiger partial charge in [-0.1, -0.05) is 0 Å². The number of carboxylic acid groups (broad SMARTS) is 2. The summed E-state index contributed by atoms with van der Waals surface area (Å²) in [5.74, 6) is -4.72. The summed E-state index contributed by atoms with van der Waals surface area (Å²) in [6.45, 7) is 2.10. The van der Waals surface area contributed by atoms with Crippen molar-refractivity contribution in [2.75, 3.05) is 6.54 Å². The van der Waals surface area contributed by atoms with E-state index in [1.54, 1.807) is 0 Å². The van der Waals surface area contributed by atoms with Crippen molar-refractivity contribution in [1.29, 1.82) is 0 Å². The van der Waals surface area contributed by atoms with Gasteiger partial charge in [-0.25, -0.2) is 0 Å². The predicted molar refractivity (Wildman–Crippen MR) is 76.1 cm³/mol. The van der Waals surface area contributed by atoms with Gasteiger partial charge in [-0.2, -0.15) is 0 Å². The zero-order valence-electron chi connectivity index (χ0n) is 12.7. The summed E-state index contributed by atoms with van der Waals surface area (Å²) in [6, 6.07) is -3.46. The van der Waals surface area contributed by atoms with Gasteiger partial charge in [0.1, 0.15) is 12.1 Å². The topological polar surface area (TPSA) is 188 Å². The highest BCUT2D eigenvalue weighted by molar-refractivity contribution is 5.93. The molecule has 130 valence electrons. The molecule has 23 heavy (non-hydrogen) atoms. The highest BCUT2D eigenvalue weighted by atomic mass is 16.4. The van der Waals surface area contributed by atoms with Crippen LogP contribution in [0.2, 0.25) is 0 Å². The second kappa shape index (κ2) is 9.35. The van der Waals surface area contributed by atoms with Gasteiger partial charge >= 0.3 is 11.9 Å². The maximum Gasteiger partial charge on any atom is 0.325 e. The van der Waals surface area contributed by atoms with E-state index in [-0.39, 0.29) is 0 Å². The van der Waals surface area contributed by atoms with E-state index in [4.69, 9.17) is 15.9 Å². The van der Waals surface area contributed by atoms with Gasteiger partial charge < -0.3 is 31.9 Å². The third kappa shape index (κ3) is 8.36. The zero-order chi connectivity index (χ0) is 18.2. The fraction of sp³-hybridized carbons (Fsp3) is 0.583. The molecule has 0 aliphatic rings. The molecule has 11 nitrogen and oxygen atoms in total. The Hall–Kier alpha value is -2.69. The molecule has 0 rings (SSSR count). The Morgan fingerprint density at radius 1 is 0.957 bits per heavy atom. The molecular weight excluding hydrogens is 312 g/mol. The Morgan fingerprint density at radius 2 is 1.52 bits per heavy atom. The first-order valence-corrected chi connectivity index (χ1v) is 6.62. The van der Waals surface area contributed by atoms with E-state index < -0.39 is 60.8 Å². The van der Waals surface area contributed by atoms with E-state index in [0.29, 0.717) is 0 Å². The van der Waals surface area contributed by atoms with Gasteiger partial charge in [0.05, 0.1) is 19.0 Å². The number of nitrogens with one attached hydrogen (secondary N) is 3. The van der Waals surface area contributed by atoms with E-state index >= 15 is 0 Å². The molecule has 0 aliphatic carbocycles. The molecule has 0 bridgehead atoms. The number of carboxylic acids is 2. The predicted octanol–water partition coefficient (Wildman–Crippen LogP) is -3.00. The van der Waals surface area contributed by atoms with Crippen molar-refractivity contribution in [1.82, 2.24) is 16.0 Å². The van der Waals surface area contributed by atoms with Gasteiger partial charge in [-0.15, -0.1) is 0 Å². The second-order valence-electron chi connectivity index (χ2n) is 4.78. The molecule has 0 saturated carbocycles. The minimum Gasteiger partial charge on any atom is -0.481 e. The van der Waals surface area contributed by atoms with E-state index in [2.05, 4.69) is 16.0 Å². The van der Waals surface area contributed by atoms with Crippen molar-refractivity contribution in [3.8, 4) is 0 Å². The molecule has 11 heteroatoms. The van der Waals surface area contributed by atoms with Crippen LogP contribution in [0.25, 0.3) is 0 Å². The van der Waals surface area contributed by atoms with Crippen LogP contribution in [-0.4, -0.2) is 64.5 Å². The number of carbonyl (C=O) groups excluding carboxylic acids is 3. The smallest absolute Gasteiger partial charge is 0.325 e. The molecule has 0 radical (unpaired) electrons. The summed E-state index contributed by atoms with van der Waals surface area (Å²) >= 11 is 0. The lowest BCUT2D eigenvalue weighted by molar-refractivity contribution is -0.141. The number of hydrogen-bond acceptors (Lipinski definition) is 6. The van der Waals surface area contributed by atoms with Crippen LogP contribution in [0.4, 0.5) is 0 Å². The molecule has 0 spiro atoms. The number of hydrogen-bond donors (Lipinski definition) is 6. The molecule has 0 fully saturated rings. The minimum absolute atomic E-state index is 0.474. The van der Waals surface area contributed by atoms with E-state index in [9.17, 15) is 24.0 Å². The van der Waals surface area contributed by atoms with Gasteiger partial charge in [-0.05, 0) is 13.8 Å². The van der Waals surface area contributed by atoms with E-state index in [1.165, 1.54) is 13.8 Å². The number of carbonyl (C=O) groups is 5. The Kier molecular flexibility index (Phi) is 8.26. The lowest BCUT2D eigenvalue weighted by Crippen LogP contribution is -2.52. The van der Waals surface area contributed by atoms with Gasteiger partial charge in [-0.3, -0.25) is 24.0 Å². The standard InChI is InChI=1S/C12H20N4O7/c1-5(16-11(21)7(13)3-9(18)19)10(20)14-4-8(17)15-6(2)12(22)23/h5-7H,3-4,13H2,1-2H3,(H,14,20)(H,15,17)(H,16,21)(H,18,19)(H,22,23). The Bertz CT molecular complexity index is 494. The third-order valence-electron chi connectivity index (χ3n) is 2.65. The maximum absolute atomic E-state index is 11.7. The Labute approximate surface area is 131 Å². The zero-order valence-corrected chi connectivity index (χ0v) is 12.7. The summed E-state index contributed by atoms with van der Waals surface area (Å²) in [7, 11) is 0. The lowest BCUT2D eigenvalue weighted by Gasteiger charge is -2.16. The van der Waals surface area contributed by atoms with E-state index in [1.807, 2.05) is 0 Å². The molecular formula is C12H20N4O7. The van der Waals surface area contributed by atoms with Crippen LogP contribution in [0.5, 0.6) is 0 Å². The van der Waals surface area contributed by atoms with Gasteiger partial charge in [0.2, 0.25) is 17.7 Å². The fourth-order valence-corrected chi connectivity index (χ4v) is 1.34. The molecule has 3 unspecified atom stereocenters. The van der Waals surface area contributed by atoms with Crippen LogP contribution < -0.4 is 21.7 Å². The van der Waals surface area contributed by atoms with E-state index in [0.717, 1.165) is 0 Å². The molecule has 0 aromatic heterocycles. The van der Waals surface area contributed by atoms with Crippen LogP contribution in [0.15, 0.2) is 0 Å². The first-order chi connectivity index (χ1) is 10.5. The van der Waals surface area contributed by atoms with Crippen molar-refractivity contribution in [3.63, 3.8) is 0 Å². The summed E-state index contributed by atoms with van der Waals surface area (Å²) in [5, 5.41) is 23.6. The quantitative estimate of drug-likeness (QED) is 0.257. The SMILES string of the molecule is CC(NC(=O)CNC(=O)C(C)NC(=O)C(N)CC(=O)O)C(=O)O. The molecule has 0 aliphatic heterocycles. The van der Waals surface area contributed by atoms with Gasteiger partial charge in [0.15, 0.2) is 0 Å². The Balaban J connectivity index is 4.25. The normalized spacial score (nSPS) is 14.0. The highest BCUT2D eigenvalue weighted by Gasteiger charge is 2.22. The third-order valence-corrected chi connectivity index (χ3v) is 2.65. The molecule has 0 saturated heterocycles. The van der Waals surface area contributed by atoms with Crippen molar-refractivity contribution in [2.24, 2.45) is 5.73 Å². The van der Waals surface area contributed by atoms with Gasteiger partial charge in [0.25, 0.3) is 0 Å². The molecule has 0 aromatic carbocycles. The first-order valence-electron chi connectivity index (χ1n) is 6.62. The molecule has 0 aromatic rings. The van der Waals surface area contributed by atoms with Crippen LogP contribution in [0, 0.1) is 0 Å². The summed E-state index contributed by atoms with van der Waals surface area (Å²) < 4.78 is 0. The van der Waals surface area contributed by atoms with Crippen molar-refractivity contribution in [2.45, 2.75) is 38.4 Å². The summed E-state index contributed by atoms with van der Waals surface area (Å²) in [5.41, 5.74) is 5.33. The average molecular weight is 332 g/mol. The maximum atomic E-state index is 11.7. The summed E-state index contributed by atoms with van der Waals surface area (Å²) in [4.78, 5) is 55.5. The fourth-order valence-electron chi connectivity index (χ4n) is 1.34. The lowest BCUT2D eigenvalue weighted by atomic mass is 10.2. The molecule has 0 heterocycles. The van der Waals surface area contributed by atoms with Crippen LogP contribution in [0.3, 0.4) is 0 Å². The van der Waals surface area contributed by atoms with Crippen molar-refractivity contribution in [3.05, 3.63) is 0 Å². The van der Waals surface area contributed by atoms with Crippen LogP contribution >= 0.6 is 0 Å². The number of aliphatic carboxylic acids is 2. The van der Waals surface area contributed by atoms with Crippen molar-refractivity contribution >= 4 is 29.7 Å². The van der Waals surface area contributed by atoms with Gasteiger partial charge in [0, 0.05) is 0 Å². The largest absolute Gasteiger partial charge is 0.481 e. The van der Waals surface area contributed by atoms with Crippen molar-refractivity contribution < 1.29 is 34.2 Å². The molecule has 3 atom stereocenters. The number of nitrogens with two attached hydrogens (primary N) is 1. The monoisotopic (exact) mass is 332 g/mol. The average Bonchev–Trinajstić information content (AvgIpc) is 2.43. The molecule has 7 N–H and O–H groups in total. The number of amides is 3. The van der Waals surface area contributed by atoms with Crippen LogP contribution in [0.1, 0.15) is 20.3 Å². The Morgan fingerprint density at radius 3 is 2.00 bits per heavy atom.